The summed E-state index contributed by atoms with van der Waals surface area (Å²) in [6, 6.07) is 9.93. The lowest BCUT2D eigenvalue weighted by atomic mass is 10.3. The van der Waals surface area contributed by atoms with Crippen LogP contribution in [0.5, 0.6) is 0 Å². The van der Waals surface area contributed by atoms with Crippen LogP contribution in [0.3, 0.4) is 0 Å². The van der Waals surface area contributed by atoms with Gasteiger partial charge >= 0.3 is 11.8 Å². The van der Waals surface area contributed by atoms with Crippen molar-refractivity contribution in [1.29, 1.82) is 0 Å². The number of benzene rings is 1. The van der Waals surface area contributed by atoms with Crippen molar-refractivity contribution in [1.82, 2.24) is 15.3 Å². The maximum absolute atomic E-state index is 12.0. The number of pyridine rings is 1. The molecule has 3 rings (SSSR count). The van der Waals surface area contributed by atoms with E-state index in [1.54, 1.807) is 30.3 Å². The zero-order chi connectivity index (χ0) is 20.1. The van der Waals surface area contributed by atoms with E-state index in [0.717, 1.165) is 15.2 Å². The third-order valence-corrected chi connectivity index (χ3v) is 5.74. The van der Waals surface area contributed by atoms with Crippen LogP contribution in [0.25, 0.3) is 10.2 Å². The summed E-state index contributed by atoms with van der Waals surface area (Å²) in [5.41, 5.74) is 1.27. The van der Waals surface area contributed by atoms with E-state index in [1.165, 1.54) is 23.6 Å². The van der Waals surface area contributed by atoms with Crippen LogP contribution < -0.4 is 15.4 Å². The molecule has 28 heavy (non-hydrogen) atoms. The molecular formula is C17H17N5O4S2. The van der Waals surface area contributed by atoms with Crippen LogP contribution in [0.2, 0.25) is 0 Å². The fourth-order valence-electron chi connectivity index (χ4n) is 2.32. The topological polar surface area (TPSA) is 130 Å². The number of carbonyl (C=O) groups is 2. The molecule has 0 radical (unpaired) electrons. The van der Waals surface area contributed by atoms with Crippen LogP contribution in [0.1, 0.15) is 5.01 Å². The minimum Gasteiger partial charge on any atom is -0.347 e. The predicted molar refractivity (Wildman–Crippen MR) is 108 cm³/mol. The average molecular weight is 419 g/mol. The molecule has 0 atom stereocenters. The zero-order valence-corrected chi connectivity index (χ0v) is 16.4. The first-order valence-corrected chi connectivity index (χ1v) is 10.7. The van der Waals surface area contributed by atoms with Gasteiger partial charge in [-0.15, -0.1) is 11.3 Å². The number of sulfonamides is 1. The number of aromatic nitrogens is 2. The monoisotopic (exact) mass is 419 g/mol. The number of hydrogen-bond acceptors (Lipinski definition) is 7. The highest BCUT2D eigenvalue weighted by Gasteiger charge is 2.16. The van der Waals surface area contributed by atoms with Gasteiger partial charge in [-0.3, -0.25) is 14.3 Å². The first kappa shape index (κ1) is 19.7. The van der Waals surface area contributed by atoms with Crippen LogP contribution in [0.15, 0.2) is 42.6 Å². The summed E-state index contributed by atoms with van der Waals surface area (Å²) >= 11 is 1.48. The van der Waals surface area contributed by atoms with Crippen molar-refractivity contribution in [3.8, 4) is 0 Å². The van der Waals surface area contributed by atoms with Crippen molar-refractivity contribution in [2.24, 2.45) is 0 Å². The highest BCUT2D eigenvalue weighted by Crippen LogP contribution is 2.24. The number of hydrogen-bond donors (Lipinski definition) is 3. The second-order valence-corrected chi connectivity index (χ2v) is 8.84. The van der Waals surface area contributed by atoms with Crippen LogP contribution in [0.4, 0.5) is 11.5 Å². The van der Waals surface area contributed by atoms with Gasteiger partial charge in [0.15, 0.2) is 0 Å². The summed E-state index contributed by atoms with van der Waals surface area (Å²) in [5.74, 6) is -2.01. The third-order valence-electron chi connectivity index (χ3n) is 3.54. The molecule has 2 aromatic heterocycles. The predicted octanol–water partition coefficient (Wildman–Crippen LogP) is 1.50. The summed E-state index contributed by atoms with van der Waals surface area (Å²) < 4.78 is 27.1. The molecule has 2 heterocycles. The number of aryl methyl sites for hydroxylation is 1. The van der Waals surface area contributed by atoms with Gasteiger partial charge in [0.1, 0.15) is 5.82 Å². The van der Waals surface area contributed by atoms with E-state index in [-0.39, 0.29) is 12.4 Å². The molecule has 0 saturated carbocycles. The van der Waals surface area contributed by atoms with Gasteiger partial charge in [0, 0.05) is 18.4 Å². The Kier molecular flexibility index (Phi) is 5.85. The lowest BCUT2D eigenvalue weighted by Gasteiger charge is -2.08. The zero-order valence-electron chi connectivity index (χ0n) is 14.8. The lowest BCUT2D eigenvalue weighted by Crippen LogP contribution is -2.38. The largest absolute Gasteiger partial charge is 0.347 e. The Morgan fingerprint density at radius 1 is 1.14 bits per heavy atom. The number of carbonyl (C=O) groups excluding carboxylic acids is 2. The van der Waals surface area contributed by atoms with Crippen LogP contribution in [0, 0.1) is 6.92 Å². The first-order chi connectivity index (χ1) is 13.3. The summed E-state index contributed by atoms with van der Waals surface area (Å²) in [6.45, 7) is 1.66. The third kappa shape index (κ3) is 5.24. The van der Waals surface area contributed by atoms with Crippen molar-refractivity contribution in [2.75, 3.05) is 22.3 Å². The SMILES string of the molecule is Cc1nc2ccc(NC(=O)C(=O)NCCS(=O)(=O)Nc3ccccn3)cc2s1. The number of fused-ring (bicyclic) bond motifs is 1. The number of nitrogens with one attached hydrogen (secondary N) is 3. The molecule has 3 N–H and O–H groups in total. The minimum atomic E-state index is -3.70. The van der Waals surface area contributed by atoms with Gasteiger partial charge in [-0.2, -0.15) is 0 Å². The molecule has 1 aromatic carbocycles. The Hall–Kier alpha value is -3.05. The van der Waals surface area contributed by atoms with Gasteiger partial charge in [-0.25, -0.2) is 18.4 Å². The molecule has 0 unspecified atom stereocenters. The molecule has 9 nitrogen and oxygen atoms in total. The quantitative estimate of drug-likeness (QED) is 0.519. The summed E-state index contributed by atoms with van der Waals surface area (Å²) in [5, 5.41) is 5.67. The van der Waals surface area contributed by atoms with Crippen molar-refractivity contribution in [3.05, 3.63) is 47.6 Å². The van der Waals surface area contributed by atoms with Crippen molar-refractivity contribution in [2.45, 2.75) is 6.92 Å². The number of anilines is 2. The van der Waals surface area contributed by atoms with E-state index in [1.807, 2.05) is 6.92 Å². The fourth-order valence-corrected chi connectivity index (χ4v) is 4.10. The van der Waals surface area contributed by atoms with Crippen LogP contribution in [-0.4, -0.2) is 42.5 Å². The molecule has 3 aromatic rings. The van der Waals surface area contributed by atoms with E-state index >= 15 is 0 Å². The highest BCUT2D eigenvalue weighted by molar-refractivity contribution is 7.92. The highest BCUT2D eigenvalue weighted by atomic mass is 32.2. The summed E-state index contributed by atoms with van der Waals surface area (Å²) in [6.07, 6.45) is 1.45. The van der Waals surface area contributed by atoms with Gasteiger partial charge < -0.3 is 10.6 Å². The maximum Gasteiger partial charge on any atom is 0.313 e. The maximum atomic E-state index is 12.0. The molecule has 0 bridgehead atoms. The Bertz CT molecular complexity index is 1110. The first-order valence-electron chi connectivity index (χ1n) is 8.20. The fraction of sp³-hybridized carbons (Fsp3) is 0.176. The number of rotatable bonds is 6. The Balaban J connectivity index is 1.50. The van der Waals surface area contributed by atoms with Gasteiger partial charge in [0.25, 0.3) is 0 Å². The van der Waals surface area contributed by atoms with Crippen molar-refractivity contribution in [3.63, 3.8) is 0 Å². The minimum absolute atomic E-state index is 0.181. The molecule has 0 aliphatic carbocycles. The molecular weight excluding hydrogens is 402 g/mol. The molecule has 2 amide bonds. The molecule has 0 aliphatic rings. The van der Waals surface area contributed by atoms with Crippen molar-refractivity contribution >= 4 is 54.9 Å². The Morgan fingerprint density at radius 2 is 1.96 bits per heavy atom. The second kappa shape index (κ2) is 8.31. The Labute approximate surface area is 165 Å². The number of nitrogens with zero attached hydrogens (tertiary/aromatic N) is 2. The molecule has 0 fully saturated rings. The number of amides is 2. The van der Waals surface area contributed by atoms with E-state index in [2.05, 4.69) is 25.3 Å². The summed E-state index contributed by atoms with van der Waals surface area (Å²) in [7, 11) is -3.70. The van der Waals surface area contributed by atoms with E-state index in [4.69, 9.17) is 0 Å². The average Bonchev–Trinajstić information content (AvgIpc) is 3.01. The number of thiazole rings is 1. The van der Waals surface area contributed by atoms with Gasteiger partial charge in [0.2, 0.25) is 10.0 Å². The van der Waals surface area contributed by atoms with Gasteiger partial charge in [-0.1, -0.05) is 6.07 Å². The Morgan fingerprint density at radius 3 is 2.71 bits per heavy atom. The smallest absolute Gasteiger partial charge is 0.313 e. The molecule has 0 aliphatic heterocycles. The molecule has 11 heteroatoms. The van der Waals surface area contributed by atoms with Crippen molar-refractivity contribution < 1.29 is 18.0 Å². The molecule has 0 spiro atoms. The van der Waals surface area contributed by atoms with Gasteiger partial charge in [0.05, 0.1) is 21.0 Å². The lowest BCUT2D eigenvalue weighted by molar-refractivity contribution is -0.136. The standard InChI is InChI=1S/C17H17N5O4S2/c1-11-20-13-6-5-12(10-14(13)27-11)21-17(24)16(23)19-8-9-28(25,26)22-15-4-2-3-7-18-15/h2-7,10H,8-9H2,1H3,(H,18,22)(H,19,23)(H,21,24). The second-order valence-electron chi connectivity index (χ2n) is 5.76. The van der Waals surface area contributed by atoms with Gasteiger partial charge in [-0.05, 0) is 37.3 Å². The van der Waals surface area contributed by atoms with Crippen LogP contribution in [-0.2, 0) is 19.6 Å². The normalized spacial score (nSPS) is 11.2. The van der Waals surface area contributed by atoms with Crippen LogP contribution >= 0.6 is 11.3 Å². The van der Waals surface area contributed by atoms with E-state index in [0.29, 0.717) is 5.69 Å². The van der Waals surface area contributed by atoms with E-state index in [9.17, 15) is 18.0 Å². The summed E-state index contributed by atoms with van der Waals surface area (Å²) in [4.78, 5) is 32.1. The van der Waals surface area contributed by atoms with E-state index < -0.39 is 27.6 Å². The molecule has 146 valence electrons. The molecule has 0 saturated heterocycles.